The van der Waals surface area contributed by atoms with Crippen molar-refractivity contribution >= 4 is 22.8 Å². The Hall–Kier alpha value is -2.69. The fourth-order valence-electron chi connectivity index (χ4n) is 3.29. The highest BCUT2D eigenvalue weighted by Crippen LogP contribution is 2.26. The predicted octanol–water partition coefficient (Wildman–Crippen LogP) is 3.80. The minimum atomic E-state index is -0.314. The van der Waals surface area contributed by atoms with Crippen LogP contribution in [-0.2, 0) is 0 Å². The van der Waals surface area contributed by atoms with Crippen LogP contribution >= 0.6 is 0 Å². The number of aromatic nitrogens is 2. The number of nitrogens with one attached hydrogen (secondary N) is 1. The lowest BCUT2D eigenvalue weighted by Crippen LogP contribution is -2.37. The average molecular weight is 323 g/mol. The van der Waals surface area contributed by atoms with Gasteiger partial charge >= 0.3 is 0 Å². The summed E-state index contributed by atoms with van der Waals surface area (Å²) in [6.07, 6.45) is 1.57. The number of hydrogen-bond donors (Lipinski definition) is 1. The molecule has 5 heteroatoms. The summed E-state index contributed by atoms with van der Waals surface area (Å²) < 4.78 is 13.0. The quantitative estimate of drug-likeness (QED) is 0.746. The van der Waals surface area contributed by atoms with Gasteiger partial charge in [-0.2, -0.15) is 0 Å². The molecule has 0 atom stereocenters. The third kappa shape index (κ3) is 2.77. The van der Waals surface area contributed by atoms with E-state index in [-0.39, 0.29) is 17.5 Å². The maximum atomic E-state index is 13.0. The Bertz CT molecular complexity index is 831. The van der Waals surface area contributed by atoms with Crippen molar-refractivity contribution in [2.24, 2.45) is 5.92 Å². The molecular formula is C19H18FN3O. The molecule has 0 bridgehead atoms. The first-order valence-electron chi connectivity index (χ1n) is 8.20. The summed E-state index contributed by atoms with van der Waals surface area (Å²) in [4.78, 5) is 22.7. The second-order valence-electron chi connectivity index (χ2n) is 6.21. The Morgan fingerprint density at radius 1 is 1.08 bits per heavy atom. The van der Waals surface area contributed by atoms with Crippen LogP contribution in [0.1, 0.15) is 23.2 Å². The number of anilines is 1. The van der Waals surface area contributed by atoms with E-state index in [2.05, 4.69) is 14.9 Å². The van der Waals surface area contributed by atoms with Crippen LogP contribution < -0.4 is 4.90 Å². The van der Waals surface area contributed by atoms with Crippen molar-refractivity contribution in [1.82, 2.24) is 9.97 Å². The highest BCUT2D eigenvalue weighted by molar-refractivity contribution is 5.98. The number of Topliss-reactive ketones (excluding diaryl/α,β-unsaturated/α-hetero) is 1. The van der Waals surface area contributed by atoms with Crippen molar-refractivity contribution < 1.29 is 9.18 Å². The highest BCUT2D eigenvalue weighted by Gasteiger charge is 2.27. The van der Waals surface area contributed by atoms with E-state index in [9.17, 15) is 9.18 Å². The standard InChI is InChI=1S/C19H18FN3O/c20-15-7-5-13(6-8-15)18(24)14-9-11-23(12-10-14)19-21-16-3-1-2-4-17(16)22-19/h1-8,14H,9-12H2,(H,21,22). The number of rotatable bonds is 3. The minimum absolute atomic E-state index is 0.00362. The van der Waals surface area contributed by atoms with Crippen LogP contribution in [0.2, 0.25) is 0 Å². The molecule has 1 fully saturated rings. The molecule has 0 saturated carbocycles. The zero-order chi connectivity index (χ0) is 16.5. The topological polar surface area (TPSA) is 49.0 Å². The molecule has 0 aliphatic carbocycles. The van der Waals surface area contributed by atoms with Gasteiger partial charge < -0.3 is 9.88 Å². The van der Waals surface area contributed by atoms with E-state index in [1.54, 1.807) is 12.1 Å². The van der Waals surface area contributed by atoms with E-state index in [0.717, 1.165) is 42.9 Å². The van der Waals surface area contributed by atoms with Crippen LogP contribution in [0.15, 0.2) is 48.5 Å². The van der Waals surface area contributed by atoms with Crippen LogP contribution in [0.4, 0.5) is 10.3 Å². The van der Waals surface area contributed by atoms with Gasteiger partial charge in [-0.15, -0.1) is 0 Å². The largest absolute Gasteiger partial charge is 0.342 e. The summed E-state index contributed by atoms with van der Waals surface area (Å²) in [5.74, 6) is 0.658. The first-order valence-corrected chi connectivity index (χ1v) is 8.20. The maximum absolute atomic E-state index is 13.0. The second kappa shape index (κ2) is 6.07. The van der Waals surface area contributed by atoms with Crippen LogP contribution in [0, 0.1) is 11.7 Å². The molecule has 4 nitrogen and oxygen atoms in total. The monoisotopic (exact) mass is 323 g/mol. The van der Waals surface area contributed by atoms with Crippen molar-refractivity contribution in [2.45, 2.75) is 12.8 Å². The third-order valence-electron chi connectivity index (χ3n) is 4.67. The number of piperidine rings is 1. The molecule has 0 unspecified atom stereocenters. The van der Waals surface area contributed by atoms with E-state index in [1.807, 2.05) is 24.3 Å². The van der Waals surface area contributed by atoms with Gasteiger partial charge in [0.2, 0.25) is 5.95 Å². The number of imidazole rings is 1. The summed E-state index contributed by atoms with van der Waals surface area (Å²) in [5.41, 5.74) is 2.58. The molecular weight excluding hydrogens is 305 g/mol. The molecule has 24 heavy (non-hydrogen) atoms. The summed E-state index contributed by atoms with van der Waals surface area (Å²) in [7, 11) is 0. The maximum Gasteiger partial charge on any atom is 0.203 e. The van der Waals surface area contributed by atoms with E-state index in [0.29, 0.717) is 5.56 Å². The molecule has 0 spiro atoms. The Balaban J connectivity index is 1.44. The van der Waals surface area contributed by atoms with E-state index >= 15 is 0 Å². The molecule has 2 aromatic carbocycles. The lowest BCUT2D eigenvalue weighted by atomic mass is 9.89. The Kier molecular flexibility index (Phi) is 3.76. The van der Waals surface area contributed by atoms with Crippen molar-refractivity contribution in [3.05, 3.63) is 59.9 Å². The van der Waals surface area contributed by atoms with E-state index in [1.165, 1.54) is 12.1 Å². The predicted molar refractivity (Wildman–Crippen MR) is 91.8 cm³/mol. The Morgan fingerprint density at radius 3 is 2.50 bits per heavy atom. The zero-order valence-corrected chi connectivity index (χ0v) is 13.2. The summed E-state index contributed by atoms with van der Waals surface area (Å²) in [5, 5.41) is 0. The number of benzene rings is 2. The van der Waals surface area contributed by atoms with Crippen LogP contribution in [0.3, 0.4) is 0 Å². The summed E-state index contributed by atoms with van der Waals surface area (Å²) >= 11 is 0. The SMILES string of the molecule is O=C(c1ccc(F)cc1)C1CCN(c2nc3ccccc3[nH]2)CC1. The molecule has 1 aliphatic heterocycles. The van der Waals surface area contributed by atoms with Gasteiger partial charge in [0, 0.05) is 24.6 Å². The Labute approximate surface area is 139 Å². The van der Waals surface area contributed by atoms with Gasteiger partial charge in [-0.1, -0.05) is 12.1 Å². The second-order valence-corrected chi connectivity index (χ2v) is 6.21. The number of nitrogens with zero attached hydrogens (tertiary/aromatic N) is 2. The number of aromatic amines is 1. The van der Waals surface area contributed by atoms with Gasteiger partial charge in [-0.25, -0.2) is 9.37 Å². The molecule has 4 rings (SSSR count). The molecule has 1 saturated heterocycles. The zero-order valence-electron chi connectivity index (χ0n) is 13.2. The van der Waals surface area contributed by atoms with E-state index in [4.69, 9.17) is 0 Å². The smallest absolute Gasteiger partial charge is 0.203 e. The van der Waals surface area contributed by atoms with Gasteiger partial charge in [0.1, 0.15) is 5.82 Å². The number of ketones is 1. The van der Waals surface area contributed by atoms with Crippen LogP contribution in [-0.4, -0.2) is 28.8 Å². The van der Waals surface area contributed by atoms with Gasteiger partial charge in [-0.3, -0.25) is 4.79 Å². The summed E-state index contributed by atoms with van der Waals surface area (Å²) in [6, 6.07) is 13.8. The van der Waals surface area contributed by atoms with Gasteiger partial charge in [0.05, 0.1) is 11.0 Å². The van der Waals surface area contributed by atoms with Crippen LogP contribution in [0.25, 0.3) is 11.0 Å². The summed E-state index contributed by atoms with van der Waals surface area (Å²) in [6.45, 7) is 1.58. The number of carbonyl (C=O) groups excluding carboxylic acids is 1. The highest BCUT2D eigenvalue weighted by atomic mass is 19.1. The molecule has 1 aromatic heterocycles. The lowest BCUT2D eigenvalue weighted by Gasteiger charge is -2.31. The molecule has 122 valence electrons. The van der Waals surface area contributed by atoms with E-state index < -0.39 is 0 Å². The molecule has 2 heterocycles. The van der Waals surface area contributed by atoms with Gasteiger partial charge in [0.15, 0.2) is 5.78 Å². The van der Waals surface area contributed by atoms with Gasteiger partial charge in [0.25, 0.3) is 0 Å². The Morgan fingerprint density at radius 2 is 1.79 bits per heavy atom. The van der Waals surface area contributed by atoms with Crippen LogP contribution in [0.5, 0.6) is 0 Å². The number of fused-ring (bicyclic) bond motifs is 1. The lowest BCUT2D eigenvalue weighted by molar-refractivity contribution is 0.0900. The number of H-pyrrole nitrogens is 1. The molecule has 1 N–H and O–H groups in total. The third-order valence-corrected chi connectivity index (χ3v) is 4.67. The first-order chi connectivity index (χ1) is 11.7. The van der Waals surface area contributed by atoms with Crippen molar-refractivity contribution in [3.63, 3.8) is 0 Å². The first kappa shape index (κ1) is 14.9. The molecule has 3 aromatic rings. The average Bonchev–Trinajstić information content (AvgIpc) is 3.06. The van der Waals surface area contributed by atoms with Crippen molar-refractivity contribution in [3.8, 4) is 0 Å². The number of halogens is 1. The normalized spacial score (nSPS) is 15.8. The fraction of sp³-hybridized carbons (Fsp3) is 0.263. The number of para-hydroxylation sites is 2. The van der Waals surface area contributed by atoms with Crippen molar-refractivity contribution in [1.29, 1.82) is 0 Å². The molecule has 0 radical (unpaired) electrons. The molecule has 0 amide bonds. The minimum Gasteiger partial charge on any atom is -0.342 e. The number of hydrogen-bond acceptors (Lipinski definition) is 3. The fourth-order valence-corrected chi connectivity index (χ4v) is 3.29. The van der Waals surface area contributed by atoms with Crippen molar-refractivity contribution in [2.75, 3.05) is 18.0 Å². The van der Waals surface area contributed by atoms with Gasteiger partial charge in [-0.05, 0) is 49.2 Å². The number of carbonyl (C=O) groups is 1. The molecule has 1 aliphatic rings.